The van der Waals surface area contributed by atoms with Gasteiger partial charge < -0.3 is 10.7 Å². The lowest BCUT2D eigenvalue weighted by Crippen LogP contribution is -2.37. The van der Waals surface area contributed by atoms with Crippen molar-refractivity contribution in [3.63, 3.8) is 0 Å². The number of hydrogen-bond donors (Lipinski definition) is 2. The van der Waals surface area contributed by atoms with Crippen LogP contribution in [0.4, 0.5) is 0 Å². The third kappa shape index (κ3) is 1.65. The largest absolute Gasteiger partial charge is 0.329 e. The highest BCUT2D eigenvalue weighted by Crippen LogP contribution is 2.07. The molecule has 0 radical (unpaired) electrons. The SMILES string of the molecule is Cc1ccc2[nH]c(=O)n(CCN)c(=O)c2c1. The second kappa shape index (κ2) is 3.94. The summed E-state index contributed by atoms with van der Waals surface area (Å²) in [5.74, 6) is 0. The van der Waals surface area contributed by atoms with Crippen molar-refractivity contribution < 1.29 is 0 Å². The molecule has 0 bridgehead atoms. The van der Waals surface area contributed by atoms with Gasteiger partial charge in [0.2, 0.25) is 0 Å². The lowest BCUT2D eigenvalue weighted by molar-refractivity contribution is 0.646. The standard InChI is InChI=1S/C11H13N3O2/c1-7-2-3-9-8(6-7)10(15)14(5-4-12)11(16)13-9/h2-3,6H,4-5,12H2,1H3,(H,13,16). The average Bonchev–Trinajstić information content (AvgIpc) is 2.26. The van der Waals surface area contributed by atoms with Gasteiger partial charge in [-0.1, -0.05) is 11.6 Å². The molecule has 0 amide bonds. The summed E-state index contributed by atoms with van der Waals surface area (Å²) in [6.45, 7) is 2.40. The fourth-order valence-electron chi connectivity index (χ4n) is 1.70. The summed E-state index contributed by atoms with van der Waals surface area (Å²) in [5, 5.41) is 0.521. The number of aromatic amines is 1. The van der Waals surface area contributed by atoms with Crippen LogP contribution in [0.5, 0.6) is 0 Å². The van der Waals surface area contributed by atoms with E-state index in [4.69, 9.17) is 5.73 Å². The number of nitrogens with zero attached hydrogens (tertiary/aromatic N) is 1. The Balaban J connectivity index is 2.85. The van der Waals surface area contributed by atoms with Crippen molar-refractivity contribution in [3.05, 3.63) is 44.6 Å². The van der Waals surface area contributed by atoms with Gasteiger partial charge >= 0.3 is 5.69 Å². The molecule has 0 saturated carbocycles. The number of fused-ring (bicyclic) bond motifs is 1. The Hall–Kier alpha value is -1.88. The van der Waals surface area contributed by atoms with E-state index >= 15 is 0 Å². The Labute approximate surface area is 91.5 Å². The lowest BCUT2D eigenvalue weighted by Gasteiger charge is -2.04. The topological polar surface area (TPSA) is 80.9 Å². The lowest BCUT2D eigenvalue weighted by atomic mass is 10.2. The van der Waals surface area contributed by atoms with Crippen LogP contribution in [0.1, 0.15) is 5.56 Å². The van der Waals surface area contributed by atoms with E-state index in [1.54, 1.807) is 12.1 Å². The van der Waals surface area contributed by atoms with E-state index < -0.39 is 5.69 Å². The van der Waals surface area contributed by atoms with E-state index in [0.717, 1.165) is 10.1 Å². The third-order valence-corrected chi connectivity index (χ3v) is 2.49. The molecule has 16 heavy (non-hydrogen) atoms. The molecule has 0 aliphatic rings. The van der Waals surface area contributed by atoms with E-state index in [2.05, 4.69) is 4.98 Å². The molecule has 84 valence electrons. The highest BCUT2D eigenvalue weighted by atomic mass is 16.2. The molecule has 1 aromatic heterocycles. The maximum Gasteiger partial charge on any atom is 0.328 e. The Bertz CT molecular complexity index is 640. The van der Waals surface area contributed by atoms with Crippen LogP contribution in [0.3, 0.4) is 0 Å². The zero-order valence-corrected chi connectivity index (χ0v) is 8.99. The first-order valence-electron chi connectivity index (χ1n) is 5.07. The van der Waals surface area contributed by atoms with Crippen LogP contribution in [0.25, 0.3) is 10.9 Å². The molecule has 0 fully saturated rings. The van der Waals surface area contributed by atoms with Crippen molar-refractivity contribution in [2.24, 2.45) is 5.73 Å². The molecule has 3 N–H and O–H groups in total. The van der Waals surface area contributed by atoms with E-state index in [0.29, 0.717) is 10.9 Å². The zero-order chi connectivity index (χ0) is 11.7. The highest BCUT2D eigenvalue weighted by Gasteiger charge is 2.06. The monoisotopic (exact) mass is 219 g/mol. The van der Waals surface area contributed by atoms with E-state index in [1.807, 2.05) is 13.0 Å². The van der Waals surface area contributed by atoms with Crippen LogP contribution in [0.2, 0.25) is 0 Å². The molecule has 0 spiro atoms. The minimum absolute atomic E-state index is 0.234. The van der Waals surface area contributed by atoms with Gasteiger partial charge in [0.15, 0.2) is 0 Å². The fourth-order valence-corrected chi connectivity index (χ4v) is 1.70. The normalized spacial score (nSPS) is 10.9. The summed E-state index contributed by atoms with van der Waals surface area (Å²) in [5.41, 5.74) is 6.21. The van der Waals surface area contributed by atoms with Gasteiger partial charge in [-0.25, -0.2) is 4.79 Å². The second-order valence-corrected chi connectivity index (χ2v) is 3.72. The molecule has 0 atom stereocenters. The first kappa shape index (κ1) is 10.6. The second-order valence-electron chi connectivity index (χ2n) is 3.72. The highest BCUT2D eigenvalue weighted by molar-refractivity contribution is 5.77. The van der Waals surface area contributed by atoms with Gasteiger partial charge in [-0.15, -0.1) is 0 Å². The first-order valence-corrected chi connectivity index (χ1v) is 5.07. The van der Waals surface area contributed by atoms with Gasteiger partial charge in [-0.05, 0) is 19.1 Å². The molecule has 2 aromatic rings. The molecule has 5 heteroatoms. The Kier molecular flexibility index (Phi) is 2.62. The Morgan fingerprint density at radius 2 is 2.12 bits per heavy atom. The summed E-state index contributed by atoms with van der Waals surface area (Å²) in [6, 6.07) is 5.35. The molecule has 0 saturated heterocycles. The van der Waals surface area contributed by atoms with Gasteiger partial charge in [0.05, 0.1) is 10.9 Å². The maximum absolute atomic E-state index is 12.0. The number of aromatic nitrogens is 2. The predicted octanol–water partition coefficient (Wildman–Crippen LogP) is -0.0431. The number of aryl methyl sites for hydroxylation is 1. The number of rotatable bonds is 2. The van der Waals surface area contributed by atoms with E-state index in [1.165, 1.54) is 0 Å². The van der Waals surface area contributed by atoms with E-state index in [-0.39, 0.29) is 18.6 Å². The van der Waals surface area contributed by atoms with Gasteiger partial charge in [-0.3, -0.25) is 9.36 Å². The van der Waals surface area contributed by atoms with Crippen LogP contribution >= 0.6 is 0 Å². The number of benzene rings is 1. The smallest absolute Gasteiger partial charge is 0.328 e. The number of H-pyrrole nitrogens is 1. The summed E-state index contributed by atoms with van der Waals surface area (Å²) < 4.78 is 1.13. The summed E-state index contributed by atoms with van der Waals surface area (Å²) in [7, 11) is 0. The Morgan fingerprint density at radius 1 is 1.38 bits per heavy atom. The zero-order valence-electron chi connectivity index (χ0n) is 8.99. The molecular weight excluding hydrogens is 206 g/mol. The Morgan fingerprint density at radius 3 is 2.81 bits per heavy atom. The molecule has 5 nitrogen and oxygen atoms in total. The van der Waals surface area contributed by atoms with Crippen LogP contribution in [-0.4, -0.2) is 16.1 Å². The van der Waals surface area contributed by atoms with Crippen LogP contribution in [-0.2, 0) is 6.54 Å². The van der Waals surface area contributed by atoms with Gasteiger partial charge in [-0.2, -0.15) is 0 Å². The van der Waals surface area contributed by atoms with Crippen molar-refractivity contribution >= 4 is 10.9 Å². The van der Waals surface area contributed by atoms with Crippen molar-refractivity contribution in [2.45, 2.75) is 13.5 Å². The maximum atomic E-state index is 12.0. The number of nitrogens with one attached hydrogen (secondary N) is 1. The van der Waals surface area contributed by atoms with Crippen molar-refractivity contribution in [3.8, 4) is 0 Å². The first-order chi connectivity index (χ1) is 7.63. The van der Waals surface area contributed by atoms with Crippen molar-refractivity contribution in [1.82, 2.24) is 9.55 Å². The number of nitrogens with two attached hydrogens (primary N) is 1. The molecule has 0 aliphatic heterocycles. The summed E-state index contributed by atoms with van der Waals surface area (Å²) in [4.78, 5) is 26.2. The van der Waals surface area contributed by atoms with Gasteiger partial charge in [0, 0.05) is 13.1 Å². The fraction of sp³-hybridized carbons (Fsp3) is 0.273. The van der Waals surface area contributed by atoms with Crippen LogP contribution < -0.4 is 17.0 Å². The molecule has 1 aromatic carbocycles. The minimum Gasteiger partial charge on any atom is -0.329 e. The third-order valence-electron chi connectivity index (χ3n) is 2.49. The quantitative estimate of drug-likeness (QED) is 0.743. The van der Waals surface area contributed by atoms with Crippen molar-refractivity contribution in [1.29, 1.82) is 0 Å². The minimum atomic E-state index is -0.410. The molecular formula is C11H13N3O2. The average molecular weight is 219 g/mol. The molecule has 2 rings (SSSR count). The molecule has 1 heterocycles. The summed E-state index contributed by atoms with van der Waals surface area (Å²) in [6.07, 6.45) is 0. The molecule has 0 unspecified atom stereocenters. The van der Waals surface area contributed by atoms with E-state index in [9.17, 15) is 9.59 Å². The summed E-state index contributed by atoms with van der Waals surface area (Å²) >= 11 is 0. The predicted molar refractivity (Wildman–Crippen MR) is 62.6 cm³/mol. The van der Waals surface area contributed by atoms with Gasteiger partial charge in [0.25, 0.3) is 5.56 Å². The van der Waals surface area contributed by atoms with Crippen LogP contribution in [0.15, 0.2) is 27.8 Å². The molecule has 0 aliphatic carbocycles. The van der Waals surface area contributed by atoms with Crippen LogP contribution in [0, 0.1) is 6.92 Å². The number of hydrogen-bond acceptors (Lipinski definition) is 3. The van der Waals surface area contributed by atoms with Gasteiger partial charge in [0.1, 0.15) is 0 Å². The van der Waals surface area contributed by atoms with Crippen molar-refractivity contribution in [2.75, 3.05) is 6.54 Å².